The Labute approximate surface area is 191 Å². The van der Waals surface area contributed by atoms with Crippen LogP contribution in [0.3, 0.4) is 0 Å². The third-order valence-corrected chi connectivity index (χ3v) is 5.94. The number of hydrogen-bond acceptors (Lipinski definition) is 4. The van der Waals surface area contributed by atoms with Crippen molar-refractivity contribution in [2.75, 3.05) is 31.1 Å². The van der Waals surface area contributed by atoms with Gasteiger partial charge in [0.15, 0.2) is 0 Å². The lowest BCUT2D eigenvalue weighted by atomic mass is 10.0. The zero-order valence-electron chi connectivity index (χ0n) is 20.2. The van der Waals surface area contributed by atoms with Gasteiger partial charge in [-0.1, -0.05) is 32.0 Å². The Bertz CT molecular complexity index is 948. The molecule has 1 atom stereocenters. The van der Waals surface area contributed by atoms with Crippen LogP contribution in [0.25, 0.3) is 0 Å². The van der Waals surface area contributed by atoms with Crippen molar-refractivity contribution in [3.8, 4) is 0 Å². The first-order valence-corrected chi connectivity index (χ1v) is 11.5. The number of benzene rings is 1. The predicted molar refractivity (Wildman–Crippen MR) is 127 cm³/mol. The fraction of sp³-hybridized carbons (Fsp3) is 0.560. The van der Waals surface area contributed by atoms with E-state index in [0.717, 1.165) is 29.3 Å². The molecule has 1 aromatic carbocycles. The molecule has 2 amide bonds. The van der Waals surface area contributed by atoms with Gasteiger partial charge in [0, 0.05) is 55.3 Å². The molecule has 0 unspecified atom stereocenters. The lowest BCUT2D eigenvalue weighted by Gasteiger charge is -2.38. The Hall–Kier alpha value is -2.70. The maximum absolute atomic E-state index is 14.4. The molecular formula is C25H36FN5O. The number of hydrogen-bond donors (Lipinski definition) is 1. The van der Waals surface area contributed by atoms with Crippen LogP contribution in [0.1, 0.15) is 69.6 Å². The molecule has 0 saturated carbocycles. The minimum absolute atomic E-state index is 0.0390. The third kappa shape index (κ3) is 5.75. The highest BCUT2D eigenvalue weighted by Gasteiger charge is 2.27. The van der Waals surface area contributed by atoms with E-state index in [-0.39, 0.29) is 23.3 Å². The third-order valence-electron chi connectivity index (χ3n) is 5.94. The number of carbonyl (C=O) groups excluding carboxylic acids is 1. The maximum Gasteiger partial charge on any atom is 0.317 e. The molecule has 1 aliphatic heterocycles. The summed E-state index contributed by atoms with van der Waals surface area (Å²) in [6.07, 6.45) is 1.39. The molecule has 2 aromatic rings. The van der Waals surface area contributed by atoms with Crippen molar-refractivity contribution in [2.24, 2.45) is 0 Å². The molecule has 2 heterocycles. The number of nitrogens with zero attached hydrogens (tertiary/aromatic N) is 4. The minimum Gasteiger partial charge on any atom is -0.353 e. The molecule has 0 radical (unpaired) electrons. The predicted octanol–water partition coefficient (Wildman–Crippen LogP) is 4.66. The van der Waals surface area contributed by atoms with Crippen LogP contribution in [-0.4, -0.2) is 52.6 Å². The summed E-state index contributed by atoms with van der Waals surface area (Å²) in [6.45, 7) is 14.8. The molecule has 1 fully saturated rings. The molecule has 7 heteroatoms. The standard InChI is InChI=1S/C25H36FN5O/c1-7-17(2)22-27-18(3)20(16-19-10-8-9-11-21(19)26)23(28-22)30-12-14-31(15-13-30)24(32)29-25(4,5)6/h8-11,17H,7,12-16H2,1-6H3,(H,29,32)/t17-/m1/s1. The normalized spacial score (nSPS) is 15.6. The summed E-state index contributed by atoms with van der Waals surface area (Å²) in [6, 6.07) is 6.83. The zero-order valence-corrected chi connectivity index (χ0v) is 20.2. The summed E-state index contributed by atoms with van der Waals surface area (Å²) in [4.78, 5) is 26.4. The Balaban J connectivity index is 1.88. The second-order valence-corrected chi connectivity index (χ2v) is 9.70. The molecular weight excluding hydrogens is 405 g/mol. The number of piperazine rings is 1. The van der Waals surface area contributed by atoms with Crippen LogP contribution in [0.4, 0.5) is 15.0 Å². The number of nitrogens with one attached hydrogen (secondary N) is 1. The number of amides is 2. The lowest BCUT2D eigenvalue weighted by Crippen LogP contribution is -2.55. The summed E-state index contributed by atoms with van der Waals surface area (Å²) < 4.78 is 14.4. The molecule has 0 bridgehead atoms. The first-order chi connectivity index (χ1) is 15.1. The average molecular weight is 442 g/mol. The summed E-state index contributed by atoms with van der Waals surface area (Å²) in [5.41, 5.74) is 2.21. The van der Waals surface area contributed by atoms with E-state index in [9.17, 15) is 9.18 Å². The van der Waals surface area contributed by atoms with Crippen molar-refractivity contribution in [3.05, 3.63) is 52.7 Å². The van der Waals surface area contributed by atoms with Crippen LogP contribution in [0, 0.1) is 12.7 Å². The smallest absolute Gasteiger partial charge is 0.317 e. The van der Waals surface area contributed by atoms with E-state index < -0.39 is 0 Å². The zero-order chi connectivity index (χ0) is 23.5. The fourth-order valence-electron chi connectivity index (χ4n) is 3.83. The summed E-state index contributed by atoms with van der Waals surface area (Å²) in [5.74, 6) is 1.72. The summed E-state index contributed by atoms with van der Waals surface area (Å²) >= 11 is 0. The topological polar surface area (TPSA) is 61.4 Å². The lowest BCUT2D eigenvalue weighted by molar-refractivity contribution is 0.185. The highest BCUT2D eigenvalue weighted by Crippen LogP contribution is 2.28. The van der Waals surface area contributed by atoms with Gasteiger partial charge in [0.2, 0.25) is 0 Å². The van der Waals surface area contributed by atoms with E-state index in [1.165, 1.54) is 6.07 Å². The Morgan fingerprint density at radius 2 is 1.81 bits per heavy atom. The molecule has 3 rings (SSSR count). The van der Waals surface area contributed by atoms with Crippen molar-refractivity contribution in [1.82, 2.24) is 20.2 Å². The van der Waals surface area contributed by atoms with Crippen LogP contribution >= 0.6 is 0 Å². The quantitative estimate of drug-likeness (QED) is 0.733. The van der Waals surface area contributed by atoms with Gasteiger partial charge in [0.1, 0.15) is 17.5 Å². The molecule has 32 heavy (non-hydrogen) atoms. The largest absolute Gasteiger partial charge is 0.353 e. The molecule has 1 saturated heterocycles. The average Bonchev–Trinajstić information content (AvgIpc) is 2.74. The Morgan fingerprint density at radius 1 is 1.16 bits per heavy atom. The maximum atomic E-state index is 14.4. The summed E-state index contributed by atoms with van der Waals surface area (Å²) in [5, 5.41) is 3.04. The number of aryl methyl sites for hydroxylation is 1. The van der Waals surface area contributed by atoms with Crippen LogP contribution in [0.2, 0.25) is 0 Å². The molecule has 0 spiro atoms. The van der Waals surface area contributed by atoms with E-state index in [2.05, 4.69) is 24.1 Å². The van der Waals surface area contributed by atoms with E-state index in [4.69, 9.17) is 9.97 Å². The highest BCUT2D eigenvalue weighted by atomic mass is 19.1. The number of urea groups is 1. The van der Waals surface area contributed by atoms with Crippen molar-refractivity contribution >= 4 is 11.8 Å². The first kappa shape index (κ1) is 24.0. The van der Waals surface area contributed by atoms with Crippen molar-refractivity contribution in [3.63, 3.8) is 0 Å². The van der Waals surface area contributed by atoms with Gasteiger partial charge in [-0.15, -0.1) is 0 Å². The summed E-state index contributed by atoms with van der Waals surface area (Å²) in [7, 11) is 0. The molecule has 6 nitrogen and oxygen atoms in total. The number of carbonyl (C=O) groups is 1. The van der Waals surface area contributed by atoms with E-state index in [1.807, 2.05) is 44.7 Å². The Morgan fingerprint density at radius 3 is 2.41 bits per heavy atom. The van der Waals surface area contributed by atoms with E-state index >= 15 is 0 Å². The van der Waals surface area contributed by atoms with Gasteiger partial charge in [-0.2, -0.15) is 0 Å². The molecule has 1 aliphatic rings. The van der Waals surface area contributed by atoms with Crippen LogP contribution in [0.5, 0.6) is 0 Å². The van der Waals surface area contributed by atoms with Gasteiger partial charge in [0.05, 0.1) is 0 Å². The monoisotopic (exact) mass is 441 g/mol. The molecule has 174 valence electrons. The van der Waals surface area contributed by atoms with Gasteiger partial charge in [0.25, 0.3) is 0 Å². The minimum atomic E-state index is -0.268. The van der Waals surface area contributed by atoms with Gasteiger partial charge in [-0.25, -0.2) is 19.2 Å². The van der Waals surface area contributed by atoms with Crippen LogP contribution < -0.4 is 10.2 Å². The second-order valence-electron chi connectivity index (χ2n) is 9.70. The number of anilines is 1. The van der Waals surface area contributed by atoms with Gasteiger partial charge < -0.3 is 15.1 Å². The van der Waals surface area contributed by atoms with E-state index in [1.54, 1.807) is 6.07 Å². The van der Waals surface area contributed by atoms with Crippen molar-refractivity contribution in [2.45, 2.75) is 65.8 Å². The first-order valence-electron chi connectivity index (χ1n) is 11.5. The molecule has 1 N–H and O–H groups in total. The highest BCUT2D eigenvalue weighted by molar-refractivity contribution is 5.75. The van der Waals surface area contributed by atoms with Crippen LogP contribution in [0.15, 0.2) is 24.3 Å². The van der Waals surface area contributed by atoms with E-state index in [0.29, 0.717) is 38.2 Å². The SMILES string of the molecule is CC[C@@H](C)c1nc(C)c(Cc2ccccc2F)c(N2CCN(C(=O)NC(C)(C)C)CC2)n1. The Kier molecular flexibility index (Phi) is 7.36. The van der Waals surface area contributed by atoms with Crippen LogP contribution in [-0.2, 0) is 6.42 Å². The second kappa shape index (κ2) is 9.84. The number of aromatic nitrogens is 2. The van der Waals surface area contributed by atoms with Crippen molar-refractivity contribution < 1.29 is 9.18 Å². The molecule has 1 aromatic heterocycles. The van der Waals surface area contributed by atoms with Gasteiger partial charge >= 0.3 is 6.03 Å². The fourth-order valence-corrected chi connectivity index (χ4v) is 3.83. The van der Waals surface area contributed by atoms with Crippen molar-refractivity contribution in [1.29, 1.82) is 0 Å². The molecule has 0 aliphatic carbocycles. The number of rotatable bonds is 5. The van der Waals surface area contributed by atoms with Gasteiger partial charge in [-0.05, 0) is 45.7 Å². The van der Waals surface area contributed by atoms with Gasteiger partial charge in [-0.3, -0.25) is 0 Å². The number of halogens is 1.